The van der Waals surface area contributed by atoms with Gasteiger partial charge in [-0.1, -0.05) is 38.1 Å². The number of carbonyl (C=O) groups excluding carboxylic acids is 2. The van der Waals surface area contributed by atoms with Gasteiger partial charge in [-0.15, -0.1) is 11.3 Å². The predicted molar refractivity (Wildman–Crippen MR) is 102 cm³/mol. The van der Waals surface area contributed by atoms with Crippen molar-refractivity contribution >= 4 is 44.0 Å². The summed E-state index contributed by atoms with van der Waals surface area (Å²) >= 11 is 1.54. The molecule has 1 aliphatic heterocycles. The van der Waals surface area contributed by atoms with Crippen LogP contribution in [0.5, 0.6) is 0 Å². The van der Waals surface area contributed by atoms with Crippen LogP contribution in [0.15, 0.2) is 35.7 Å². The minimum atomic E-state index is -0.154. The molecule has 2 heterocycles. The average molecular weight is 352 g/mol. The fourth-order valence-electron chi connectivity index (χ4n) is 3.67. The summed E-state index contributed by atoms with van der Waals surface area (Å²) in [6, 6.07) is 9.92. The quantitative estimate of drug-likeness (QED) is 0.652. The number of nitrogens with zero attached hydrogens (tertiary/aromatic N) is 2. The largest absolute Gasteiger partial charge is 0.302 e. The zero-order valence-corrected chi connectivity index (χ0v) is 15.2. The van der Waals surface area contributed by atoms with Crippen molar-refractivity contribution in [1.82, 2.24) is 9.80 Å². The fraction of sp³-hybridized carbons (Fsp3) is 0.300. The van der Waals surface area contributed by atoms with Crippen LogP contribution in [0.25, 0.3) is 20.9 Å². The monoisotopic (exact) mass is 352 g/mol. The second kappa shape index (κ2) is 6.24. The van der Waals surface area contributed by atoms with E-state index in [1.165, 1.54) is 16.2 Å². The summed E-state index contributed by atoms with van der Waals surface area (Å²) < 4.78 is 0.928. The van der Waals surface area contributed by atoms with E-state index in [4.69, 9.17) is 0 Å². The Morgan fingerprint density at radius 2 is 1.60 bits per heavy atom. The molecule has 0 radical (unpaired) electrons. The van der Waals surface area contributed by atoms with Crippen molar-refractivity contribution < 1.29 is 9.59 Å². The maximum Gasteiger partial charge on any atom is 0.263 e. The standard InChI is InChI=1S/C20H20N2O2S/c1-3-21(4-2)10-11-22-19(23)16-14-8-6-5-7-13(14)15-9-12-25-18(15)17(16)20(22)24/h5-9,12H,3-4,10-11H2,1-2H3. The zero-order chi connectivity index (χ0) is 17.6. The van der Waals surface area contributed by atoms with E-state index in [0.717, 1.165) is 33.9 Å². The molecular weight excluding hydrogens is 332 g/mol. The van der Waals surface area contributed by atoms with E-state index in [1.807, 2.05) is 35.7 Å². The van der Waals surface area contributed by atoms with Crippen LogP contribution in [0.1, 0.15) is 34.6 Å². The SMILES string of the molecule is CCN(CC)CCN1C(=O)c2c(c3sccc3c3ccccc23)C1=O. The molecule has 1 aromatic heterocycles. The van der Waals surface area contributed by atoms with E-state index < -0.39 is 0 Å². The van der Waals surface area contributed by atoms with Crippen molar-refractivity contribution in [3.05, 3.63) is 46.8 Å². The van der Waals surface area contributed by atoms with Crippen LogP contribution in [0.2, 0.25) is 0 Å². The van der Waals surface area contributed by atoms with Gasteiger partial charge in [0.05, 0.1) is 11.1 Å². The third kappa shape index (κ3) is 2.38. The molecule has 3 aromatic rings. The van der Waals surface area contributed by atoms with Gasteiger partial charge in [0.15, 0.2) is 0 Å². The van der Waals surface area contributed by atoms with E-state index in [2.05, 4.69) is 18.7 Å². The van der Waals surface area contributed by atoms with Crippen LogP contribution in [-0.2, 0) is 0 Å². The molecule has 2 aromatic carbocycles. The van der Waals surface area contributed by atoms with Crippen molar-refractivity contribution in [2.75, 3.05) is 26.2 Å². The van der Waals surface area contributed by atoms with Gasteiger partial charge in [-0.05, 0) is 35.3 Å². The van der Waals surface area contributed by atoms with Crippen LogP contribution in [-0.4, -0.2) is 47.8 Å². The molecule has 0 bridgehead atoms. The summed E-state index contributed by atoms with van der Waals surface area (Å²) in [6.45, 7) is 7.16. The van der Waals surface area contributed by atoms with E-state index in [9.17, 15) is 9.59 Å². The molecule has 0 aliphatic carbocycles. The number of likely N-dealkylation sites (N-methyl/N-ethyl adjacent to an activating group) is 1. The first-order chi connectivity index (χ1) is 12.2. The minimum Gasteiger partial charge on any atom is -0.302 e. The highest BCUT2D eigenvalue weighted by molar-refractivity contribution is 7.17. The van der Waals surface area contributed by atoms with Crippen molar-refractivity contribution in [3.63, 3.8) is 0 Å². The summed E-state index contributed by atoms with van der Waals surface area (Å²) in [5.41, 5.74) is 1.17. The van der Waals surface area contributed by atoms with Crippen LogP contribution < -0.4 is 0 Å². The van der Waals surface area contributed by atoms with Gasteiger partial charge >= 0.3 is 0 Å². The lowest BCUT2D eigenvalue weighted by molar-refractivity contribution is 0.0639. The number of carbonyl (C=O) groups is 2. The Bertz CT molecular complexity index is 988. The number of rotatable bonds is 5. The van der Waals surface area contributed by atoms with Crippen LogP contribution in [0, 0.1) is 0 Å². The summed E-state index contributed by atoms with van der Waals surface area (Å²) in [7, 11) is 0. The third-order valence-corrected chi connectivity index (χ3v) is 6.01. The molecule has 5 heteroatoms. The van der Waals surface area contributed by atoms with Gasteiger partial charge in [-0.25, -0.2) is 0 Å². The number of fused-ring (bicyclic) bond motifs is 6. The number of hydrogen-bond donors (Lipinski definition) is 0. The van der Waals surface area contributed by atoms with Crippen LogP contribution in [0.3, 0.4) is 0 Å². The molecule has 0 spiro atoms. The second-order valence-electron chi connectivity index (χ2n) is 6.25. The van der Waals surface area contributed by atoms with Gasteiger partial charge in [0.1, 0.15) is 0 Å². The summed E-state index contributed by atoms with van der Waals surface area (Å²) in [6.07, 6.45) is 0. The van der Waals surface area contributed by atoms with Gasteiger partial charge in [0.2, 0.25) is 0 Å². The molecule has 0 N–H and O–H groups in total. The predicted octanol–water partition coefficient (Wildman–Crippen LogP) is 3.99. The van der Waals surface area contributed by atoms with Crippen molar-refractivity contribution in [1.29, 1.82) is 0 Å². The molecule has 2 amide bonds. The highest BCUT2D eigenvalue weighted by atomic mass is 32.1. The minimum absolute atomic E-state index is 0.148. The Morgan fingerprint density at radius 1 is 0.920 bits per heavy atom. The first kappa shape index (κ1) is 16.2. The maximum atomic E-state index is 13.1. The molecule has 0 saturated heterocycles. The molecule has 4 nitrogen and oxygen atoms in total. The summed E-state index contributed by atoms with van der Waals surface area (Å²) in [5.74, 6) is -0.302. The first-order valence-electron chi connectivity index (χ1n) is 8.67. The topological polar surface area (TPSA) is 40.6 Å². The molecule has 0 fully saturated rings. The van der Waals surface area contributed by atoms with E-state index in [0.29, 0.717) is 24.2 Å². The number of thiophene rings is 1. The molecule has 128 valence electrons. The number of hydrogen-bond acceptors (Lipinski definition) is 4. The molecule has 0 saturated carbocycles. The molecule has 0 atom stereocenters. The molecule has 1 aliphatic rings. The molecule has 25 heavy (non-hydrogen) atoms. The van der Waals surface area contributed by atoms with Crippen LogP contribution in [0.4, 0.5) is 0 Å². The molecular formula is C20H20N2O2S. The van der Waals surface area contributed by atoms with Gasteiger partial charge < -0.3 is 4.90 Å². The Labute approximate surface area is 150 Å². The smallest absolute Gasteiger partial charge is 0.263 e. The van der Waals surface area contributed by atoms with Crippen molar-refractivity contribution in [3.8, 4) is 0 Å². The normalized spacial score (nSPS) is 14.3. The number of imide groups is 1. The first-order valence-corrected chi connectivity index (χ1v) is 9.55. The van der Waals surface area contributed by atoms with Crippen molar-refractivity contribution in [2.24, 2.45) is 0 Å². The lowest BCUT2D eigenvalue weighted by Gasteiger charge is -2.21. The lowest BCUT2D eigenvalue weighted by atomic mass is 9.97. The van der Waals surface area contributed by atoms with E-state index >= 15 is 0 Å². The number of benzene rings is 2. The van der Waals surface area contributed by atoms with Crippen LogP contribution >= 0.6 is 11.3 Å². The van der Waals surface area contributed by atoms with Gasteiger partial charge in [0, 0.05) is 23.2 Å². The highest BCUT2D eigenvalue weighted by Crippen LogP contribution is 2.40. The lowest BCUT2D eigenvalue weighted by Crippen LogP contribution is -2.38. The fourth-order valence-corrected chi connectivity index (χ4v) is 4.62. The van der Waals surface area contributed by atoms with Gasteiger partial charge in [0.25, 0.3) is 11.8 Å². The Hall–Kier alpha value is -2.24. The number of amides is 2. The Balaban J connectivity index is 1.84. The van der Waals surface area contributed by atoms with Gasteiger partial charge in [-0.3, -0.25) is 14.5 Å². The Kier molecular flexibility index (Phi) is 4.06. The zero-order valence-electron chi connectivity index (χ0n) is 14.4. The average Bonchev–Trinajstić information content (AvgIpc) is 3.21. The summed E-state index contributed by atoms with van der Waals surface area (Å²) in [5, 5.41) is 4.98. The van der Waals surface area contributed by atoms with E-state index in [1.54, 1.807) is 0 Å². The highest BCUT2D eigenvalue weighted by Gasteiger charge is 2.39. The Morgan fingerprint density at radius 3 is 2.32 bits per heavy atom. The van der Waals surface area contributed by atoms with Gasteiger partial charge in [-0.2, -0.15) is 0 Å². The summed E-state index contributed by atoms with van der Waals surface area (Å²) in [4.78, 5) is 29.8. The molecule has 4 rings (SSSR count). The molecule has 0 unspecified atom stereocenters. The maximum absolute atomic E-state index is 13.1. The second-order valence-corrected chi connectivity index (χ2v) is 7.16. The van der Waals surface area contributed by atoms with Crippen molar-refractivity contribution in [2.45, 2.75) is 13.8 Å². The van der Waals surface area contributed by atoms with E-state index in [-0.39, 0.29) is 11.8 Å². The third-order valence-electron chi connectivity index (χ3n) is 5.08.